The molecular formula is C24H33NO. The van der Waals surface area contributed by atoms with Crippen LogP contribution < -0.4 is 5.32 Å². The average molecular weight is 352 g/mol. The van der Waals surface area contributed by atoms with Gasteiger partial charge in [0.25, 0.3) is 0 Å². The van der Waals surface area contributed by atoms with Crippen molar-refractivity contribution in [1.82, 2.24) is 5.32 Å². The van der Waals surface area contributed by atoms with Crippen molar-refractivity contribution in [3.63, 3.8) is 0 Å². The van der Waals surface area contributed by atoms with E-state index in [4.69, 9.17) is 4.79 Å². The maximum absolute atomic E-state index is 9.06. The molecule has 0 aromatic heterocycles. The first-order valence-corrected chi connectivity index (χ1v) is 9.55. The minimum absolute atomic E-state index is 0.639. The molecular weight excluding hydrogens is 318 g/mol. The first-order chi connectivity index (χ1) is 12.7. The van der Waals surface area contributed by atoms with Gasteiger partial charge in [0.2, 0.25) is 0 Å². The van der Waals surface area contributed by atoms with Gasteiger partial charge >= 0.3 is 0 Å². The van der Waals surface area contributed by atoms with Crippen LogP contribution in [0.25, 0.3) is 11.1 Å². The van der Waals surface area contributed by atoms with Crippen molar-refractivity contribution in [2.45, 2.75) is 46.0 Å². The highest BCUT2D eigenvalue weighted by atomic mass is 16.1. The highest BCUT2D eigenvalue weighted by Gasteiger charge is 2.03. The molecule has 0 aliphatic heterocycles. The van der Waals surface area contributed by atoms with Crippen molar-refractivity contribution >= 4 is 6.29 Å². The lowest BCUT2D eigenvalue weighted by Crippen LogP contribution is -2.10. The molecule has 26 heavy (non-hydrogen) atoms. The minimum Gasteiger partial charge on any atom is -0.319 e. The lowest BCUT2D eigenvalue weighted by molar-refractivity contribution is -0.104. The van der Waals surface area contributed by atoms with Crippen molar-refractivity contribution in [1.29, 1.82) is 0 Å². The highest BCUT2D eigenvalue weighted by Crippen LogP contribution is 2.25. The number of allylic oxidation sites excluding steroid dienone is 1. The van der Waals surface area contributed by atoms with E-state index in [9.17, 15) is 0 Å². The van der Waals surface area contributed by atoms with Crippen molar-refractivity contribution in [3.05, 3.63) is 71.8 Å². The normalized spacial score (nSPS) is 9.96. The predicted molar refractivity (Wildman–Crippen MR) is 114 cm³/mol. The van der Waals surface area contributed by atoms with Gasteiger partial charge in [0.15, 0.2) is 0 Å². The summed E-state index contributed by atoms with van der Waals surface area (Å²) in [6, 6.07) is 16.0. The largest absolute Gasteiger partial charge is 0.319 e. The van der Waals surface area contributed by atoms with Crippen molar-refractivity contribution in [2.75, 3.05) is 13.6 Å². The summed E-state index contributed by atoms with van der Waals surface area (Å²) in [5.74, 6) is 0. The second-order valence-electron chi connectivity index (χ2n) is 6.53. The molecule has 0 bridgehead atoms. The topological polar surface area (TPSA) is 29.1 Å². The number of nitrogens with one attached hydrogen (secondary N) is 1. The molecule has 0 aliphatic rings. The first-order valence-electron chi connectivity index (χ1n) is 9.55. The van der Waals surface area contributed by atoms with Crippen molar-refractivity contribution in [3.8, 4) is 11.1 Å². The number of aldehydes is 1. The SMILES string of the molecule is C=CC=O.CCCCCc1ccc(-c2ccc(CCNC)cc2C)cc1. The Balaban J connectivity index is 0.000000765. The first kappa shape index (κ1) is 21.9. The molecule has 0 aliphatic carbocycles. The number of hydrogen-bond acceptors (Lipinski definition) is 2. The van der Waals surface area contributed by atoms with E-state index in [1.807, 2.05) is 7.05 Å². The number of carbonyl (C=O) groups excluding carboxylic acids is 1. The van der Waals surface area contributed by atoms with Gasteiger partial charge in [-0.2, -0.15) is 0 Å². The number of benzene rings is 2. The molecule has 0 unspecified atom stereocenters. The van der Waals surface area contributed by atoms with E-state index in [0.29, 0.717) is 6.29 Å². The minimum atomic E-state index is 0.639. The maximum Gasteiger partial charge on any atom is 0.142 e. The molecule has 0 atom stereocenters. The van der Waals surface area contributed by atoms with Gasteiger partial charge in [0, 0.05) is 0 Å². The van der Waals surface area contributed by atoms with Gasteiger partial charge in [-0.05, 0) is 73.7 Å². The second-order valence-corrected chi connectivity index (χ2v) is 6.53. The summed E-state index contributed by atoms with van der Waals surface area (Å²) >= 11 is 0. The Morgan fingerprint density at radius 3 is 2.19 bits per heavy atom. The van der Waals surface area contributed by atoms with Crippen LogP contribution in [0, 0.1) is 6.92 Å². The van der Waals surface area contributed by atoms with Crippen LogP contribution in [0.5, 0.6) is 0 Å². The van der Waals surface area contributed by atoms with Gasteiger partial charge in [-0.3, -0.25) is 4.79 Å². The molecule has 2 rings (SSSR count). The van der Waals surface area contributed by atoms with Crippen LogP contribution in [0.15, 0.2) is 55.1 Å². The molecule has 2 nitrogen and oxygen atoms in total. The van der Waals surface area contributed by atoms with Crippen LogP contribution in [-0.4, -0.2) is 19.9 Å². The summed E-state index contributed by atoms with van der Waals surface area (Å²) in [5, 5.41) is 3.21. The number of carbonyl (C=O) groups is 1. The van der Waals surface area contributed by atoms with E-state index in [-0.39, 0.29) is 0 Å². The van der Waals surface area contributed by atoms with E-state index < -0.39 is 0 Å². The Hall–Kier alpha value is -2.19. The van der Waals surface area contributed by atoms with Crippen LogP contribution in [-0.2, 0) is 17.6 Å². The molecule has 2 aromatic carbocycles. The monoisotopic (exact) mass is 351 g/mol. The van der Waals surface area contributed by atoms with Gasteiger partial charge in [-0.25, -0.2) is 0 Å². The molecule has 0 fully saturated rings. The van der Waals surface area contributed by atoms with E-state index >= 15 is 0 Å². The molecule has 1 N–H and O–H groups in total. The molecule has 0 spiro atoms. The van der Waals surface area contributed by atoms with Crippen LogP contribution in [0.2, 0.25) is 0 Å². The van der Waals surface area contributed by atoms with Gasteiger partial charge in [-0.1, -0.05) is 68.8 Å². The summed E-state index contributed by atoms with van der Waals surface area (Å²) in [6.45, 7) is 8.62. The number of rotatable bonds is 9. The lowest BCUT2D eigenvalue weighted by atomic mass is 9.96. The van der Waals surface area contributed by atoms with Gasteiger partial charge in [-0.15, -0.1) is 0 Å². The lowest BCUT2D eigenvalue weighted by Gasteiger charge is -2.10. The smallest absolute Gasteiger partial charge is 0.142 e. The molecule has 2 aromatic rings. The third-order valence-corrected chi connectivity index (χ3v) is 4.38. The zero-order chi connectivity index (χ0) is 19.2. The number of likely N-dealkylation sites (N-methyl/N-ethyl adjacent to an activating group) is 1. The van der Waals surface area contributed by atoms with E-state index in [1.54, 1.807) is 0 Å². The Labute approximate surface area is 159 Å². The zero-order valence-electron chi connectivity index (χ0n) is 16.6. The molecule has 0 amide bonds. The third kappa shape index (κ3) is 7.79. The number of unbranched alkanes of at least 4 members (excludes halogenated alkanes) is 2. The van der Waals surface area contributed by atoms with Gasteiger partial charge in [0.1, 0.15) is 6.29 Å². The van der Waals surface area contributed by atoms with E-state index in [1.165, 1.54) is 59.6 Å². The molecule has 0 saturated carbocycles. The molecule has 0 saturated heterocycles. The zero-order valence-corrected chi connectivity index (χ0v) is 16.6. The fourth-order valence-corrected chi connectivity index (χ4v) is 2.90. The van der Waals surface area contributed by atoms with Crippen molar-refractivity contribution < 1.29 is 4.79 Å². The van der Waals surface area contributed by atoms with Crippen LogP contribution >= 0.6 is 0 Å². The summed E-state index contributed by atoms with van der Waals surface area (Å²) in [5.41, 5.74) is 6.92. The van der Waals surface area contributed by atoms with Crippen molar-refractivity contribution in [2.24, 2.45) is 0 Å². The Bertz CT molecular complexity index is 652. The summed E-state index contributed by atoms with van der Waals surface area (Å²) in [4.78, 5) is 9.06. The van der Waals surface area contributed by atoms with E-state index in [0.717, 1.165) is 13.0 Å². The molecule has 0 radical (unpaired) electrons. The van der Waals surface area contributed by atoms with E-state index in [2.05, 4.69) is 68.2 Å². The third-order valence-electron chi connectivity index (χ3n) is 4.38. The standard InChI is InChI=1S/C21H29N.C3H4O/c1-4-5-6-7-18-8-11-20(12-9-18)21-13-10-19(14-15-22-3)16-17(21)2;1-2-3-4/h8-13,16,22H,4-7,14-15H2,1-3H3;2-3H,1H2. The van der Waals surface area contributed by atoms with Crippen LogP contribution in [0.4, 0.5) is 0 Å². The predicted octanol–water partition coefficient (Wildman–Crippen LogP) is 5.53. The molecule has 0 heterocycles. The Morgan fingerprint density at radius 1 is 1.00 bits per heavy atom. The van der Waals surface area contributed by atoms with Crippen LogP contribution in [0.3, 0.4) is 0 Å². The molecule has 140 valence electrons. The number of hydrogen-bond donors (Lipinski definition) is 1. The summed E-state index contributed by atoms with van der Waals surface area (Å²) in [7, 11) is 2.00. The maximum atomic E-state index is 9.06. The Morgan fingerprint density at radius 2 is 1.65 bits per heavy atom. The highest BCUT2D eigenvalue weighted by molar-refractivity contribution is 5.67. The van der Waals surface area contributed by atoms with Gasteiger partial charge in [0.05, 0.1) is 0 Å². The summed E-state index contributed by atoms with van der Waals surface area (Å²) in [6.07, 6.45) is 8.05. The van der Waals surface area contributed by atoms with Crippen LogP contribution in [0.1, 0.15) is 42.9 Å². The Kier molecular flexibility index (Phi) is 11.0. The fourth-order valence-electron chi connectivity index (χ4n) is 2.90. The average Bonchev–Trinajstić information content (AvgIpc) is 2.67. The summed E-state index contributed by atoms with van der Waals surface area (Å²) < 4.78 is 0. The number of aryl methyl sites for hydroxylation is 2. The second kappa shape index (κ2) is 13.1. The molecule has 2 heteroatoms. The van der Waals surface area contributed by atoms with Gasteiger partial charge < -0.3 is 5.32 Å². The quantitative estimate of drug-likeness (QED) is 0.366. The fraction of sp³-hybridized carbons (Fsp3) is 0.375.